The number of hydrogen-bond acceptors (Lipinski definition) is 2. The first kappa shape index (κ1) is 17.6. The van der Waals surface area contributed by atoms with E-state index < -0.39 is 0 Å². The molecule has 1 heterocycles. The lowest BCUT2D eigenvalue weighted by atomic mass is 10.1. The van der Waals surface area contributed by atoms with Crippen molar-refractivity contribution in [1.82, 2.24) is 9.47 Å². The first-order chi connectivity index (χ1) is 13.0. The molecule has 4 heteroatoms. The summed E-state index contributed by atoms with van der Waals surface area (Å²) in [6.07, 6.45) is 2.73. The van der Waals surface area contributed by atoms with Gasteiger partial charge in [-0.25, -0.2) is 4.39 Å². The molecule has 0 unspecified atom stereocenters. The largest absolute Gasteiger partial charge is 0.507 e. The molecule has 0 aliphatic rings. The summed E-state index contributed by atoms with van der Waals surface area (Å²) in [6, 6.07) is 17.3. The number of phenols is 1. The van der Waals surface area contributed by atoms with E-state index in [1.54, 1.807) is 0 Å². The van der Waals surface area contributed by atoms with E-state index in [2.05, 4.69) is 35.2 Å². The van der Waals surface area contributed by atoms with Crippen LogP contribution in [0.3, 0.4) is 0 Å². The number of likely N-dealkylation sites (N-methyl/N-ethyl adjacent to an activating group) is 1. The molecule has 3 aromatic carbocycles. The molecule has 1 N–H and O–H groups in total. The maximum Gasteiger partial charge on any atom is 0.147 e. The molecular formula is C23H23FN2O. The number of halogens is 1. The second-order valence-corrected chi connectivity index (χ2v) is 7.31. The molecule has 0 aliphatic carbocycles. The van der Waals surface area contributed by atoms with Crippen LogP contribution in [0.2, 0.25) is 0 Å². The third kappa shape index (κ3) is 3.40. The first-order valence-electron chi connectivity index (χ1n) is 9.14. The van der Waals surface area contributed by atoms with Crippen LogP contribution >= 0.6 is 0 Å². The zero-order valence-electron chi connectivity index (χ0n) is 15.6. The summed E-state index contributed by atoms with van der Waals surface area (Å²) < 4.78 is 16.6. The van der Waals surface area contributed by atoms with Crippen LogP contribution in [0.1, 0.15) is 11.1 Å². The SMILES string of the molecule is CN(C)CCc1cn(Cc2ccc3ccccc3c2)c2c(F)ccc(O)c12. The van der Waals surface area contributed by atoms with Gasteiger partial charge >= 0.3 is 0 Å². The first-order valence-corrected chi connectivity index (χ1v) is 9.14. The average molecular weight is 362 g/mol. The van der Waals surface area contributed by atoms with Gasteiger partial charge in [-0.2, -0.15) is 0 Å². The predicted octanol–water partition coefficient (Wildman–Crippen LogP) is 4.79. The summed E-state index contributed by atoms with van der Waals surface area (Å²) >= 11 is 0. The summed E-state index contributed by atoms with van der Waals surface area (Å²) in [6.45, 7) is 1.40. The Bertz CT molecular complexity index is 1110. The van der Waals surface area contributed by atoms with Crippen LogP contribution in [0.25, 0.3) is 21.7 Å². The van der Waals surface area contributed by atoms with Crippen molar-refractivity contribution in [1.29, 1.82) is 0 Å². The highest BCUT2D eigenvalue weighted by Crippen LogP contribution is 2.33. The van der Waals surface area contributed by atoms with Crippen LogP contribution in [0.4, 0.5) is 4.39 Å². The van der Waals surface area contributed by atoms with Crippen LogP contribution in [0.15, 0.2) is 60.8 Å². The fraction of sp³-hybridized carbons (Fsp3) is 0.217. The molecule has 138 valence electrons. The van der Waals surface area contributed by atoms with E-state index in [-0.39, 0.29) is 11.6 Å². The Morgan fingerprint density at radius 2 is 1.78 bits per heavy atom. The summed E-state index contributed by atoms with van der Waals surface area (Å²) in [4.78, 5) is 2.09. The van der Waals surface area contributed by atoms with Crippen molar-refractivity contribution in [3.63, 3.8) is 0 Å². The van der Waals surface area contributed by atoms with Crippen LogP contribution < -0.4 is 0 Å². The van der Waals surface area contributed by atoms with Crippen LogP contribution in [-0.2, 0) is 13.0 Å². The Morgan fingerprint density at radius 3 is 2.56 bits per heavy atom. The van der Waals surface area contributed by atoms with Crippen molar-refractivity contribution in [2.24, 2.45) is 0 Å². The quantitative estimate of drug-likeness (QED) is 0.553. The van der Waals surface area contributed by atoms with Crippen LogP contribution in [0.5, 0.6) is 5.75 Å². The second-order valence-electron chi connectivity index (χ2n) is 7.31. The topological polar surface area (TPSA) is 28.4 Å². The van der Waals surface area contributed by atoms with Gasteiger partial charge in [-0.15, -0.1) is 0 Å². The molecule has 0 amide bonds. The molecular weight excluding hydrogens is 339 g/mol. The number of rotatable bonds is 5. The van der Waals surface area contributed by atoms with Gasteiger partial charge in [-0.3, -0.25) is 0 Å². The molecule has 4 aromatic rings. The van der Waals surface area contributed by atoms with Crippen molar-refractivity contribution in [2.75, 3.05) is 20.6 Å². The van der Waals surface area contributed by atoms with E-state index in [0.29, 0.717) is 17.4 Å². The standard InChI is InChI=1S/C23H23FN2O/c1-25(2)12-11-19-15-26(23-20(24)9-10-21(27)22(19)23)14-16-7-8-17-5-3-4-6-18(17)13-16/h3-10,13,15,27H,11-12,14H2,1-2H3. The number of benzene rings is 3. The fourth-order valence-corrected chi connectivity index (χ4v) is 3.66. The zero-order chi connectivity index (χ0) is 19.0. The van der Waals surface area contributed by atoms with E-state index >= 15 is 0 Å². The molecule has 0 aliphatic heterocycles. The lowest BCUT2D eigenvalue weighted by Crippen LogP contribution is -2.14. The molecule has 0 spiro atoms. The molecule has 3 nitrogen and oxygen atoms in total. The van der Waals surface area contributed by atoms with Gasteiger partial charge in [0.25, 0.3) is 0 Å². The van der Waals surface area contributed by atoms with E-state index in [0.717, 1.165) is 24.1 Å². The molecule has 0 fully saturated rings. The van der Waals surface area contributed by atoms with E-state index in [1.165, 1.54) is 22.9 Å². The Kier molecular flexibility index (Phi) is 4.58. The van der Waals surface area contributed by atoms with Gasteiger partial charge in [0, 0.05) is 24.7 Å². The zero-order valence-corrected chi connectivity index (χ0v) is 15.6. The molecule has 0 bridgehead atoms. The van der Waals surface area contributed by atoms with E-state index in [4.69, 9.17) is 0 Å². The van der Waals surface area contributed by atoms with Gasteiger partial charge in [-0.1, -0.05) is 36.4 Å². The molecule has 0 saturated heterocycles. The van der Waals surface area contributed by atoms with Crippen molar-refractivity contribution >= 4 is 21.7 Å². The van der Waals surface area contributed by atoms with Gasteiger partial charge < -0.3 is 14.6 Å². The monoisotopic (exact) mass is 362 g/mol. The van der Waals surface area contributed by atoms with E-state index in [9.17, 15) is 9.50 Å². The van der Waals surface area contributed by atoms with Crippen molar-refractivity contribution in [2.45, 2.75) is 13.0 Å². The summed E-state index contributed by atoms with van der Waals surface area (Å²) in [5.74, 6) is -0.169. The number of phenolic OH excluding ortho intramolecular Hbond substituents is 1. The summed E-state index contributed by atoms with van der Waals surface area (Å²) in [5, 5.41) is 13.3. The minimum absolute atomic E-state index is 0.136. The summed E-state index contributed by atoms with van der Waals surface area (Å²) in [7, 11) is 4.02. The van der Waals surface area contributed by atoms with Gasteiger partial charge in [0.15, 0.2) is 0 Å². The third-order valence-corrected chi connectivity index (χ3v) is 5.02. The lowest BCUT2D eigenvalue weighted by molar-refractivity contribution is 0.413. The van der Waals surface area contributed by atoms with E-state index in [1.807, 2.05) is 37.0 Å². The van der Waals surface area contributed by atoms with Crippen molar-refractivity contribution in [3.8, 4) is 5.75 Å². The molecule has 27 heavy (non-hydrogen) atoms. The van der Waals surface area contributed by atoms with Gasteiger partial charge in [-0.05, 0) is 60.6 Å². The minimum Gasteiger partial charge on any atom is -0.507 e. The third-order valence-electron chi connectivity index (χ3n) is 5.02. The normalized spacial score (nSPS) is 11.7. The smallest absolute Gasteiger partial charge is 0.147 e. The van der Waals surface area contributed by atoms with Gasteiger partial charge in [0.2, 0.25) is 0 Å². The molecule has 0 saturated carbocycles. The Balaban J connectivity index is 1.79. The molecule has 1 aromatic heterocycles. The number of aromatic hydroxyl groups is 1. The molecule has 4 rings (SSSR count). The molecule has 0 atom stereocenters. The second kappa shape index (κ2) is 7.05. The van der Waals surface area contributed by atoms with Crippen LogP contribution in [-0.4, -0.2) is 35.2 Å². The Morgan fingerprint density at radius 1 is 1.00 bits per heavy atom. The van der Waals surface area contributed by atoms with Gasteiger partial charge in [0.1, 0.15) is 11.6 Å². The number of hydrogen-bond donors (Lipinski definition) is 1. The Labute approximate surface area is 158 Å². The summed E-state index contributed by atoms with van der Waals surface area (Å²) in [5.41, 5.74) is 2.54. The molecule has 0 radical (unpaired) electrons. The van der Waals surface area contributed by atoms with Crippen molar-refractivity contribution < 1.29 is 9.50 Å². The number of fused-ring (bicyclic) bond motifs is 2. The fourth-order valence-electron chi connectivity index (χ4n) is 3.66. The lowest BCUT2D eigenvalue weighted by Gasteiger charge is -2.08. The highest BCUT2D eigenvalue weighted by molar-refractivity contribution is 5.90. The predicted molar refractivity (Wildman–Crippen MR) is 109 cm³/mol. The van der Waals surface area contributed by atoms with Crippen LogP contribution in [0, 0.1) is 5.82 Å². The maximum atomic E-state index is 14.7. The number of nitrogens with zero attached hydrogens (tertiary/aromatic N) is 2. The van der Waals surface area contributed by atoms with Gasteiger partial charge in [0.05, 0.1) is 5.52 Å². The minimum atomic E-state index is -0.306. The highest BCUT2D eigenvalue weighted by Gasteiger charge is 2.16. The Hall–Kier alpha value is -2.85. The maximum absolute atomic E-state index is 14.7. The average Bonchev–Trinajstić information content (AvgIpc) is 3.02. The number of aromatic nitrogens is 1. The van der Waals surface area contributed by atoms with Crippen molar-refractivity contribution in [3.05, 3.63) is 77.7 Å². The highest BCUT2D eigenvalue weighted by atomic mass is 19.1.